The van der Waals surface area contributed by atoms with E-state index < -0.39 is 5.82 Å². The van der Waals surface area contributed by atoms with E-state index in [1.165, 1.54) is 32.4 Å². The first kappa shape index (κ1) is 19.2. The number of ether oxygens (including phenoxy) is 2. The SMILES string of the molecule is COc1ccc(CN2CCCC(C(=O)c3cc(F)ccc3OC)C2)cc1O. The van der Waals surface area contributed by atoms with E-state index >= 15 is 0 Å². The van der Waals surface area contributed by atoms with Crippen LogP contribution in [0.2, 0.25) is 0 Å². The number of nitrogens with zero attached hydrogens (tertiary/aromatic N) is 1. The standard InChI is InChI=1S/C21H24FNO4/c1-26-19-8-6-16(22)11-17(19)21(25)15-4-3-9-23(13-15)12-14-5-7-20(27-2)18(24)10-14/h5-8,10-11,15,24H,3-4,9,12-13H2,1-2H3. The van der Waals surface area contributed by atoms with Crippen molar-refractivity contribution in [3.63, 3.8) is 0 Å². The van der Waals surface area contributed by atoms with Crippen molar-refractivity contribution in [2.45, 2.75) is 19.4 Å². The second-order valence-corrected chi connectivity index (χ2v) is 6.79. The molecule has 1 aliphatic rings. The maximum Gasteiger partial charge on any atom is 0.171 e. The quantitative estimate of drug-likeness (QED) is 0.784. The van der Waals surface area contributed by atoms with Crippen LogP contribution in [0.15, 0.2) is 36.4 Å². The highest BCUT2D eigenvalue weighted by Crippen LogP contribution is 2.30. The Hall–Kier alpha value is -2.60. The third kappa shape index (κ3) is 4.39. The van der Waals surface area contributed by atoms with Crippen LogP contribution >= 0.6 is 0 Å². The Morgan fingerprint density at radius 1 is 1.19 bits per heavy atom. The number of ketones is 1. The summed E-state index contributed by atoms with van der Waals surface area (Å²) in [6, 6.07) is 9.35. The fraction of sp³-hybridized carbons (Fsp3) is 0.381. The third-order valence-corrected chi connectivity index (χ3v) is 4.95. The van der Waals surface area contributed by atoms with Crippen molar-refractivity contribution >= 4 is 5.78 Å². The predicted molar refractivity (Wildman–Crippen MR) is 99.9 cm³/mol. The molecule has 27 heavy (non-hydrogen) atoms. The Kier molecular flexibility index (Phi) is 5.96. The van der Waals surface area contributed by atoms with Crippen molar-refractivity contribution in [3.05, 3.63) is 53.3 Å². The Morgan fingerprint density at radius 3 is 2.63 bits per heavy atom. The highest BCUT2D eigenvalue weighted by atomic mass is 19.1. The normalized spacial score (nSPS) is 17.5. The summed E-state index contributed by atoms with van der Waals surface area (Å²) in [4.78, 5) is 15.1. The van der Waals surface area contributed by atoms with Crippen LogP contribution in [0.25, 0.3) is 0 Å². The van der Waals surface area contributed by atoms with Gasteiger partial charge in [0.05, 0.1) is 19.8 Å². The van der Waals surface area contributed by atoms with Gasteiger partial charge in [0.25, 0.3) is 0 Å². The highest BCUT2D eigenvalue weighted by Gasteiger charge is 2.28. The predicted octanol–water partition coefficient (Wildman–Crippen LogP) is 3.64. The zero-order valence-corrected chi connectivity index (χ0v) is 15.6. The van der Waals surface area contributed by atoms with Crippen LogP contribution in [0.5, 0.6) is 17.2 Å². The van der Waals surface area contributed by atoms with Crippen LogP contribution < -0.4 is 9.47 Å². The molecular weight excluding hydrogens is 349 g/mol. The molecule has 5 nitrogen and oxygen atoms in total. The molecule has 0 aromatic heterocycles. The minimum atomic E-state index is -0.444. The number of phenols is 1. The molecule has 2 aromatic carbocycles. The van der Waals surface area contributed by atoms with Gasteiger partial charge in [-0.2, -0.15) is 0 Å². The molecule has 0 amide bonds. The molecular formula is C21H24FNO4. The number of methoxy groups -OCH3 is 2. The summed E-state index contributed by atoms with van der Waals surface area (Å²) in [5.74, 6) is 0.196. The van der Waals surface area contributed by atoms with Crippen molar-refractivity contribution in [1.82, 2.24) is 4.90 Å². The summed E-state index contributed by atoms with van der Waals surface area (Å²) in [5.41, 5.74) is 1.25. The molecule has 0 saturated carbocycles. The number of likely N-dealkylation sites (tertiary alicyclic amines) is 1. The monoisotopic (exact) mass is 373 g/mol. The number of aromatic hydroxyl groups is 1. The summed E-state index contributed by atoms with van der Waals surface area (Å²) >= 11 is 0. The van der Waals surface area contributed by atoms with Crippen LogP contribution in [-0.2, 0) is 6.54 Å². The molecule has 0 bridgehead atoms. The number of benzene rings is 2. The number of hydrogen-bond donors (Lipinski definition) is 1. The van der Waals surface area contributed by atoms with Gasteiger partial charge < -0.3 is 14.6 Å². The second kappa shape index (κ2) is 8.39. The molecule has 0 spiro atoms. The molecule has 144 valence electrons. The molecule has 3 rings (SSSR count). The molecule has 0 aliphatic carbocycles. The maximum absolute atomic E-state index is 13.6. The number of phenolic OH excluding ortho intramolecular Hbond substituents is 1. The smallest absolute Gasteiger partial charge is 0.171 e. The molecule has 0 radical (unpaired) electrons. The molecule has 2 aromatic rings. The van der Waals surface area contributed by atoms with Gasteiger partial charge in [-0.1, -0.05) is 6.07 Å². The fourth-order valence-corrected chi connectivity index (χ4v) is 3.60. The summed E-state index contributed by atoms with van der Waals surface area (Å²) in [6.07, 6.45) is 1.65. The van der Waals surface area contributed by atoms with Gasteiger partial charge in [-0.3, -0.25) is 9.69 Å². The van der Waals surface area contributed by atoms with E-state index in [1.54, 1.807) is 12.1 Å². The lowest BCUT2D eigenvalue weighted by molar-refractivity contribution is 0.0808. The van der Waals surface area contributed by atoms with E-state index in [1.807, 2.05) is 6.07 Å². The third-order valence-electron chi connectivity index (χ3n) is 4.95. The largest absolute Gasteiger partial charge is 0.504 e. The van der Waals surface area contributed by atoms with Gasteiger partial charge in [-0.25, -0.2) is 4.39 Å². The van der Waals surface area contributed by atoms with Crippen molar-refractivity contribution in [3.8, 4) is 17.2 Å². The molecule has 1 N–H and O–H groups in total. The van der Waals surface area contributed by atoms with Gasteiger partial charge in [-0.05, 0) is 55.3 Å². The number of rotatable bonds is 6. The summed E-state index contributed by atoms with van der Waals surface area (Å²) in [6.45, 7) is 2.09. The summed E-state index contributed by atoms with van der Waals surface area (Å²) in [5, 5.41) is 9.95. The van der Waals surface area contributed by atoms with Gasteiger partial charge in [0, 0.05) is 19.0 Å². The van der Waals surface area contributed by atoms with Gasteiger partial charge in [0.1, 0.15) is 11.6 Å². The average Bonchev–Trinajstić information content (AvgIpc) is 2.68. The lowest BCUT2D eigenvalue weighted by Crippen LogP contribution is -2.38. The fourth-order valence-electron chi connectivity index (χ4n) is 3.60. The van der Waals surface area contributed by atoms with Gasteiger partial charge in [0.2, 0.25) is 0 Å². The zero-order valence-electron chi connectivity index (χ0n) is 15.6. The number of carbonyl (C=O) groups excluding carboxylic acids is 1. The Morgan fingerprint density at radius 2 is 1.93 bits per heavy atom. The number of hydrogen-bond acceptors (Lipinski definition) is 5. The van der Waals surface area contributed by atoms with Crippen molar-refractivity contribution < 1.29 is 23.8 Å². The topological polar surface area (TPSA) is 59.0 Å². The number of Topliss-reactive ketones (excluding diaryl/α,β-unsaturated/α-hetero) is 1. The maximum atomic E-state index is 13.6. The first-order valence-electron chi connectivity index (χ1n) is 8.97. The highest BCUT2D eigenvalue weighted by molar-refractivity contribution is 6.00. The number of piperidine rings is 1. The van der Waals surface area contributed by atoms with E-state index in [0.29, 0.717) is 30.2 Å². The van der Waals surface area contributed by atoms with E-state index in [2.05, 4.69) is 4.90 Å². The molecule has 1 heterocycles. The Bertz CT molecular complexity index is 824. The number of carbonyl (C=O) groups is 1. The zero-order chi connectivity index (χ0) is 19.4. The molecule has 1 unspecified atom stereocenters. The van der Waals surface area contributed by atoms with Crippen LogP contribution in [0, 0.1) is 11.7 Å². The van der Waals surface area contributed by atoms with E-state index in [0.717, 1.165) is 24.9 Å². The average molecular weight is 373 g/mol. The van der Waals surface area contributed by atoms with Crippen molar-refractivity contribution in [2.75, 3.05) is 27.3 Å². The second-order valence-electron chi connectivity index (χ2n) is 6.79. The lowest BCUT2D eigenvalue weighted by Gasteiger charge is -2.32. The minimum Gasteiger partial charge on any atom is -0.504 e. The molecule has 1 aliphatic heterocycles. The van der Waals surface area contributed by atoms with E-state index in [9.17, 15) is 14.3 Å². The van der Waals surface area contributed by atoms with E-state index in [4.69, 9.17) is 9.47 Å². The molecule has 1 fully saturated rings. The summed E-state index contributed by atoms with van der Waals surface area (Å²) < 4.78 is 23.9. The van der Waals surface area contributed by atoms with Crippen molar-refractivity contribution in [1.29, 1.82) is 0 Å². The minimum absolute atomic E-state index is 0.0892. The van der Waals surface area contributed by atoms with E-state index in [-0.39, 0.29) is 17.5 Å². The van der Waals surface area contributed by atoms with Crippen LogP contribution in [0.3, 0.4) is 0 Å². The van der Waals surface area contributed by atoms with Crippen molar-refractivity contribution in [2.24, 2.45) is 5.92 Å². The Balaban J connectivity index is 1.71. The van der Waals surface area contributed by atoms with Gasteiger partial charge in [0.15, 0.2) is 17.3 Å². The molecule has 1 saturated heterocycles. The van der Waals surface area contributed by atoms with Gasteiger partial charge >= 0.3 is 0 Å². The van der Waals surface area contributed by atoms with Crippen LogP contribution in [0.4, 0.5) is 4.39 Å². The first-order chi connectivity index (χ1) is 13.0. The van der Waals surface area contributed by atoms with Gasteiger partial charge in [-0.15, -0.1) is 0 Å². The molecule has 1 atom stereocenters. The Labute approximate surface area is 158 Å². The number of halogens is 1. The van der Waals surface area contributed by atoms with Crippen LogP contribution in [0.1, 0.15) is 28.8 Å². The first-order valence-corrected chi connectivity index (χ1v) is 8.97. The lowest BCUT2D eigenvalue weighted by atomic mass is 9.89. The van der Waals surface area contributed by atoms with Crippen LogP contribution in [-0.4, -0.2) is 43.1 Å². The molecule has 6 heteroatoms. The summed E-state index contributed by atoms with van der Waals surface area (Å²) in [7, 11) is 2.99.